The first-order valence-electron chi connectivity index (χ1n) is 9.21. The van der Waals surface area contributed by atoms with E-state index in [4.69, 9.17) is 0 Å². The van der Waals surface area contributed by atoms with Gasteiger partial charge in [-0.05, 0) is 50.6 Å². The zero-order valence-corrected chi connectivity index (χ0v) is 16.5. The summed E-state index contributed by atoms with van der Waals surface area (Å²) in [6.45, 7) is 9.10. The number of benzene rings is 1. The maximum absolute atomic E-state index is 4.55. The molecule has 3 rings (SSSR count). The van der Waals surface area contributed by atoms with Crippen molar-refractivity contribution in [1.82, 2.24) is 25.0 Å². The first kappa shape index (κ1) is 18.5. The van der Waals surface area contributed by atoms with Crippen LogP contribution in [0.1, 0.15) is 36.2 Å². The standard InChI is InChI=1S/C21H29N5/c1-15(2)25(4)14-18-8-6-7-17(9-18)11-22-12-19-10-20-16(3)24-26(5)21(20)23-13-19/h6-10,13,15,22H,11-12,14H2,1-5H3. The van der Waals surface area contributed by atoms with Crippen molar-refractivity contribution in [1.29, 1.82) is 0 Å². The highest BCUT2D eigenvalue weighted by Crippen LogP contribution is 2.16. The molecule has 5 heteroatoms. The third-order valence-corrected chi connectivity index (χ3v) is 4.88. The highest BCUT2D eigenvalue weighted by atomic mass is 15.3. The lowest BCUT2D eigenvalue weighted by atomic mass is 10.1. The fraction of sp³-hybridized carbons (Fsp3) is 0.429. The van der Waals surface area contributed by atoms with E-state index < -0.39 is 0 Å². The Balaban J connectivity index is 1.60. The van der Waals surface area contributed by atoms with Gasteiger partial charge in [-0.2, -0.15) is 5.10 Å². The second kappa shape index (κ2) is 7.98. The molecule has 0 aliphatic carbocycles. The summed E-state index contributed by atoms with van der Waals surface area (Å²) in [4.78, 5) is 6.90. The maximum atomic E-state index is 4.55. The minimum absolute atomic E-state index is 0.551. The Morgan fingerprint density at radius 1 is 1.12 bits per heavy atom. The van der Waals surface area contributed by atoms with Gasteiger partial charge in [0, 0.05) is 44.3 Å². The lowest BCUT2D eigenvalue weighted by Gasteiger charge is -2.21. The smallest absolute Gasteiger partial charge is 0.157 e. The van der Waals surface area contributed by atoms with Crippen LogP contribution in [0.3, 0.4) is 0 Å². The summed E-state index contributed by atoms with van der Waals surface area (Å²) < 4.78 is 1.83. The summed E-state index contributed by atoms with van der Waals surface area (Å²) in [6.07, 6.45) is 1.93. The van der Waals surface area contributed by atoms with Gasteiger partial charge < -0.3 is 5.32 Å². The van der Waals surface area contributed by atoms with Crippen molar-refractivity contribution >= 4 is 11.0 Å². The van der Waals surface area contributed by atoms with Gasteiger partial charge in [0.2, 0.25) is 0 Å². The molecule has 0 aliphatic rings. The normalized spacial score (nSPS) is 11.8. The van der Waals surface area contributed by atoms with E-state index in [2.05, 4.69) is 71.5 Å². The van der Waals surface area contributed by atoms with E-state index in [9.17, 15) is 0 Å². The molecule has 0 fully saturated rings. The van der Waals surface area contributed by atoms with E-state index in [0.717, 1.165) is 36.4 Å². The number of aryl methyl sites for hydroxylation is 2. The van der Waals surface area contributed by atoms with Crippen molar-refractivity contribution in [3.63, 3.8) is 0 Å². The summed E-state index contributed by atoms with van der Waals surface area (Å²) in [6, 6.07) is 11.6. The van der Waals surface area contributed by atoms with Gasteiger partial charge in [-0.25, -0.2) is 4.98 Å². The van der Waals surface area contributed by atoms with Gasteiger partial charge in [0.05, 0.1) is 5.69 Å². The molecule has 0 unspecified atom stereocenters. The molecule has 0 amide bonds. The van der Waals surface area contributed by atoms with Crippen LogP contribution in [-0.2, 0) is 26.7 Å². The summed E-state index contributed by atoms with van der Waals surface area (Å²) in [7, 11) is 4.10. The molecule has 0 spiro atoms. The van der Waals surface area contributed by atoms with Gasteiger partial charge in [0.25, 0.3) is 0 Å². The number of nitrogens with one attached hydrogen (secondary N) is 1. The van der Waals surface area contributed by atoms with Crippen LogP contribution in [0.25, 0.3) is 11.0 Å². The largest absolute Gasteiger partial charge is 0.309 e. The molecule has 0 saturated heterocycles. The van der Waals surface area contributed by atoms with Crippen LogP contribution in [0, 0.1) is 6.92 Å². The molecule has 3 aromatic rings. The highest BCUT2D eigenvalue weighted by molar-refractivity contribution is 5.78. The van der Waals surface area contributed by atoms with Crippen molar-refractivity contribution in [2.24, 2.45) is 7.05 Å². The van der Waals surface area contributed by atoms with E-state index in [0.29, 0.717) is 6.04 Å². The first-order valence-corrected chi connectivity index (χ1v) is 9.21. The number of rotatable bonds is 7. The van der Waals surface area contributed by atoms with E-state index >= 15 is 0 Å². The zero-order chi connectivity index (χ0) is 18.7. The average molecular weight is 351 g/mol. The Bertz CT molecular complexity index is 881. The Morgan fingerprint density at radius 3 is 2.62 bits per heavy atom. The molecule has 0 aliphatic heterocycles. The van der Waals surface area contributed by atoms with Crippen LogP contribution in [0.4, 0.5) is 0 Å². The number of pyridine rings is 1. The van der Waals surface area contributed by atoms with Crippen LogP contribution in [-0.4, -0.2) is 32.8 Å². The van der Waals surface area contributed by atoms with E-state index in [-0.39, 0.29) is 0 Å². The molecule has 0 bridgehead atoms. The van der Waals surface area contributed by atoms with Gasteiger partial charge >= 0.3 is 0 Å². The molecule has 1 aromatic carbocycles. The zero-order valence-electron chi connectivity index (χ0n) is 16.5. The second-order valence-electron chi connectivity index (χ2n) is 7.36. The van der Waals surface area contributed by atoms with Crippen molar-refractivity contribution in [2.75, 3.05) is 7.05 Å². The van der Waals surface area contributed by atoms with Crippen molar-refractivity contribution in [3.8, 4) is 0 Å². The van der Waals surface area contributed by atoms with Crippen LogP contribution in [0.2, 0.25) is 0 Å². The van der Waals surface area contributed by atoms with Crippen molar-refractivity contribution < 1.29 is 0 Å². The molecular formula is C21H29N5. The number of hydrogen-bond acceptors (Lipinski definition) is 4. The van der Waals surface area contributed by atoms with E-state index in [1.165, 1.54) is 16.7 Å². The molecule has 138 valence electrons. The van der Waals surface area contributed by atoms with E-state index in [1.54, 1.807) is 0 Å². The molecule has 5 nitrogen and oxygen atoms in total. The quantitative estimate of drug-likeness (QED) is 0.709. The number of hydrogen-bond donors (Lipinski definition) is 1. The second-order valence-corrected chi connectivity index (χ2v) is 7.36. The van der Waals surface area contributed by atoms with Crippen molar-refractivity contribution in [3.05, 3.63) is 58.9 Å². The third kappa shape index (κ3) is 4.29. The van der Waals surface area contributed by atoms with Gasteiger partial charge in [-0.3, -0.25) is 9.58 Å². The molecule has 2 heterocycles. The third-order valence-electron chi connectivity index (χ3n) is 4.88. The Morgan fingerprint density at radius 2 is 1.85 bits per heavy atom. The molecule has 2 aromatic heterocycles. The minimum Gasteiger partial charge on any atom is -0.309 e. The lowest BCUT2D eigenvalue weighted by molar-refractivity contribution is 0.266. The van der Waals surface area contributed by atoms with Crippen LogP contribution >= 0.6 is 0 Å². The highest BCUT2D eigenvalue weighted by Gasteiger charge is 2.07. The molecular weight excluding hydrogens is 322 g/mol. The fourth-order valence-corrected chi connectivity index (χ4v) is 3.11. The topological polar surface area (TPSA) is 46.0 Å². The van der Waals surface area contributed by atoms with Gasteiger partial charge in [-0.1, -0.05) is 24.3 Å². The number of aromatic nitrogens is 3. The average Bonchev–Trinajstić information content (AvgIpc) is 2.89. The molecule has 0 saturated carbocycles. The van der Waals surface area contributed by atoms with Crippen LogP contribution < -0.4 is 5.32 Å². The number of nitrogens with zero attached hydrogens (tertiary/aromatic N) is 4. The monoisotopic (exact) mass is 351 g/mol. The van der Waals surface area contributed by atoms with Gasteiger partial charge in [-0.15, -0.1) is 0 Å². The first-order chi connectivity index (χ1) is 12.4. The van der Waals surface area contributed by atoms with Gasteiger partial charge in [0.1, 0.15) is 0 Å². The summed E-state index contributed by atoms with van der Waals surface area (Å²) >= 11 is 0. The van der Waals surface area contributed by atoms with E-state index in [1.807, 2.05) is 24.9 Å². The molecule has 26 heavy (non-hydrogen) atoms. The summed E-state index contributed by atoms with van der Waals surface area (Å²) in [5.41, 5.74) is 5.82. The predicted molar refractivity (Wildman–Crippen MR) is 107 cm³/mol. The molecule has 1 N–H and O–H groups in total. The fourth-order valence-electron chi connectivity index (χ4n) is 3.11. The Labute approximate surface area is 156 Å². The SMILES string of the molecule is Cc1nn(C)c2ncc(CNCc3cccc(CN(C)C(C)C)c3)cc12. The summed E-state index contributed by atoms with van der Waals surface area (Å²) in [5, 5.41) is 9.10. The number of fused-ring (bicyclic) bond motifs is 1. The summed E-state index contributed by atoms with van der Waals surface area (Å²) in [5.74, 6) is 0. The Hall–Kier alpha value is -2.24. The lowest BCUT2D eigenvalue weighted by Crippen LogP contribution is -2.25. The van der Waals surface area contributed by atoms with Crippen LogP contribution in [0.15, 0.2) is 36.5 Å². The molecule has 0 atom stereocenters. The predicted octanol–water partition coefficient (Wildman–Crippen LogP) is 3.41. The Kier molecular flexibility index (Phi) is 5.69. The van der Waals surface area contributed by atoms with Crippen LogP contribution in [0.5, 0.6) is 0 Å². The maximum Gasteiger partial charge on any atom is 0.157 e. The minimum atomic E-state index is 0.551. The molecule has 0 radical (unpaired) electrons. The van der Waals surface area contributed by atoms with Crippen molar-refractivity contribution in [2.45, 2.75) is 46.4 Å². The van der Waals surface area contributed by atoms with Gasteiger partial charge in [0.15, 0.2) is 5.65 Å².